The zero-order chi connectivity index (χ0) is 7.49. The minimum absolute atomic E-state index is 1.61. The molecule has 0 aliphatic carbocycles. The summed E-state index contributed by atoms with van der Waals surface area (Å²) in [5.41, 5.74) is 0. The summed E-state index contributed by atoms with van der Waals surface area (Å²) in [5.74, 6) is 0. The van der Waals surface area contributed by atoms with Gasteiger partial charge < -0.3 is 4.74 Å². The fraction of sp³-hybridized carbons (Fsp3) is 0.667. The van der Waals surface area contributed by atoms with Gasteiger partial charge in [-0.15, -0.1) is 0 Å². The Hall–Kier alpha value is -0.520. The van der Waals surface area contributed by atoms with Gasteiger partial charge in [-0.1, -0.05) is 0 Å². The van der Waals surface area contributed by atoms with Crippen LogP contribution in [0.1, 0.15) is 0 Å². The maximum absolute atomic E-state index is 11.5. The predicted octanol–water partition coefficient (Wildman–Crippen LogP) is 1.28. The van der Waals surface area contributed by atoms with Gasteiger partial charge in [0.2, 0.25) is 0 Å². The molecule has 0 aliphatic heterocycles. The molecule has 0 heterocycles. The molecule has 0 atom stereocenters. The summed E-state index contributed by atoms with van der Waals surface area (Å²) >= 11 is 3.59. The third-order valence-electron chi connectivity index (χ3n) is 0.388. The highest BCUT2D eigenvalue weighted by atomic mass is 32.1. The summed E-state index contributed by atoms with van der Waals surface area (Å²) in [6.45, 7) is -2.05. The van der Waals surface area contributed by atoms with Crippen molar-refractivity contribution in [1.29, 1.82) is 0 Å². The van der Waals surface area contributed by atoms with E-state index in [-0.39, 0.29) is 0 Å². The third kappa shape index (κ3) is 4.01. The maximum Gasteiger partial charge on any atom is 0.429 e. The fourth-order valence-electron chi connectivity index (χ4n) is 0.149. The fourth-order valence-corrected chi connectivity index (χ4v) is 0.271. The second-order valence-electron chi connectivity index (χ2n) is 1.12. The molecule has 1 radical (unpaired) electrons. The molecule has 0 N–H and O–H groups in total. The van der Waals surface area contributed by atoms with Crippen molar-refractivity contribution in [3.8, 4) is 0 Å². The Morgan fingerprint density at radius 3 is 2.22 bits per heavy atom. The van der Waals surface area contributed by atoms with E-state index in [1.165, 1.54) is 0 Å². The lowest BCUT2D eigenvalue weighted by molar-refractivity contribution is -0.204. The Balaban J connectivity index is 3.71. The van der Waals surface area contributed by atoms with Crippen LogP contribution in [0.2, 0.25) is 0 Å². The molecule has 9 heavy (non-hydrogen) atoms. The molecule has 0 aromatic carbocycles. The molecule has 0 fully saturated rings. The van der Waals surface area contributed by atoms with E-state index in [0.717, 1.165) is 0 Å². The van der Waals surface area contributed by atoms with Gasteiger partial charge in [-0.3, -0.25) is 0 Å². The molecular weight excluding hydrogens is 157 g/mol. The van der Waals surface area contributed by atoms with Crippen LogP contribution in [0.3, 0.4) is 0 Å². The van der Waals surface area contributed by atoms with Crippen molar-refractivity contribution in [2.45, 2.75) is 6.11 Å². The molecule has 0 rings (SSSR count). The van der Waals surface area contributed by atoms with Gasteiger partial charge >= 0.3 is 11.3 Å². The Kier molecular flexibility index (Phi) is 2.69. The average molecular weight is 159 g/mol. The molecular formula is C3H2F3O2S. The Labute approximate surface area is 54.2 Å². The van der Waals surface area contributed by atoms with Crippen molar-refractivity contribution in [2.75, 3.05) is 6.67 Å². The van der Waals surface area contributed by atoms with Crippen LogP contribution in [0.5, 0.6) is 0 Å². The molecule has 6 heteroatoms. The first-order valence-corrected chi connectivity index (χ1v) is 2.22. The number of alkyl halides is 3. The molecule has 0 amide bonds. The van der Waals surface area contributed by atoms with E-state index in [4.69, 9.17) is 0 Å². The minimum Gasteiger partial charge on any atom is -0.387 e. The molecule has 0 unspecified atom stereocenters. The van der Waals surface area contributed by atoms with E-state index in [2.05, 4.69) is 17.0 Å². The van der Waals surface area contributed by atoms with Gasteiger partial charge in [-0.2, -0.15) is 8.78 Å². The standard InChI is InChI=1S/C3H2F3O2S/c4-1-3(5,6)8-2(7)9/h1H2. The van der Waals surface area contributed by atoms with Crippen LogP contribution < -0.4 is 0 Å². The monoisotopic (exact) mass is 159 g/mol. The highest BCUT2D eigenvalue weighted by Crippen LogP contribution is 2.15. The predicted molar refractivity (Wildman–Crippen MR) is 25.3 cm³/mol. The summed E-state index contributed by atoms with van der Waals surface area (Å²) in [6, 6.07) is 0. The highest BCUT2D eigenvalue weighted by molar-refractivity contribution is 7.79. The Morgan fingerprint density at radius 1 is 1.67 bits per heavy atom. The van der Waals surface area contributed by atoms with Gasteiger partial charge in [0.1, 0.15) is 0 Å². The Bertz CT molecular complexity index is 116. The zero-order valence-corrected chi connectivity index (χ0v) is 4.88. The van der Waals surface area contributed by atoms with E-state index in [1.54, 1.807) is 0 Å². The summed E-state index contributed by atoms with van der Waals surface area (Å²) in [7, 11) is 0. The molecule has 0 spiro atoms. The smallest absolute Gasteiger partial charge is 0.387 e. The summed E-state index contributed by atoms with van der Waals surface area (Å²) in [5, 5.41) is 7.95. The summed E-state index contributed by atoms with van der Waals surface area (Å²) in [6.07, 6.45) is -4.06. The quantitative estimate of drug-likeness (QED) is 0.568. The molecule has 0 aliphatic rings. The van der Waals surface area contributed by atoms with E-state index in [1.807, 2.05) is 0 Å². The number of ether oxygens (including phenoxy) is 1. The van der Waals surface area contributed by atoms with Gasteiger partial charge in [0.25, 0.3) is 0 Å². The van der Waals surface area contributed by atoms with Crippen molar-refractivity contribution in [1.82, 2.24) is 0 Å². The first-order valence-electron chi connectivity index (χ1n) is 1.82. The van der Waals surface area contributed by atoms with Crippen LogP contribution in [-0.4, -0.2) is 18.0 Å². The lowest BCUT2D eigenvalue weighted by Crippen LogP contribution is -2.25. The largest absolute Gasteiger partial charge is 0.429 e. The number of thiocarbonyl (C=S) groups is 1. The van der Waals surface area contributed by atoms with Gasteiger partial charge in [-0.05, 0) is 0 Å². The van der Waals surface area contributed by atoms with Gasteiger partial charge in [0, 0.05) is 12.2 Å². The van der Waals surface area contributed by atoms with Crippen LogP contribution in [0.15, 0.2) is 0 Å². The first-order chi connectivity index (χ1) is 3.98. The van der Waals surface area contributed by atoms with E-state index < -0.39 is 18.0 Å². The number of hydrogen-bond donors (Lipinski definition) is 0. The van der Waals surface area contributed by atoms with E-state index in [9.17, 15) is 18.3 Å². The average Bonchev–Trinajstić information content (AvgIpc) is 1.63. The number of rotatable bonds is 2. The minimum atomic E-state index is -4.06. The first kappa shape index (κ1) is 8.48. The molecule has 0 saturated carbocycles. The molecule has 0 aromatic rings. The summed E-state index contributed by atoms with van der Waals surface area (Å²) in [4.78, 5) is 0. The number of hydrogen-bond acceptors (Lipinski definition) is 2. The molecule has 0 bridgehead atoms. The van der Waals surface area contributed by atoms with Crippen molar-refractivity contribution in [2.24, 2.45) is 0 Å². The zero-order valence-electron chi connectivity index (χ0n) is 4.07. The molecule has 2 nitrogen and oxygen atoms in total. The van der Waals surface area contributed by atoms with Crippen LogP contribution in [0.4, 0.5) is 13.2 Å². The van der Waals surface area contributed by atoms with Gasteiger partial charge in [0.15, 0.2) is 6.67 Å². The van der Waals surface area contributed by atoms with E-state index in [0.29, 0.717) is 0 Å². The van der Waals surface area contributed by atoms with Crippen LogP contribution in [0.25, 0.3) is 0 Å². The van der Waals surface area contributed by atoms with Gasteiger partial charge in [-0.25, -0.2) is 9.50 Å². The second kappa shape index (κ2) is 2.86. The second-order valence-corrected chi connectivity index (χ2v) is 1.46. The van der Waals surface area contributed by atoms with Crippen LogP contribution in [-0.2, 0) is 9.84 Å². The normalized spacial score (nSPS) is 11.0. The van der Waals surface area contributed by atoms with Crippen molar-refractivity contribution >= 4 is 17.5 Å². The third-order valence-corrected chi connectivity index (χ3v) is 0.472. The van der Waals surface area contributed by atoms with Crippen LogP contribution in [0, 0.1) is 0 Å². The van der Waals surface area contributed by atoms with Crippen molar-refractivity contribution < 1.29 is 23.0 Å². The molecule has 0 saturated heterocycles. The number of halogens is 3. The highest BCUT2D eigenvalue weighted by Gasteiger charge is 2.33. The maximum atomic E-state index is 11.5. The Morgan fingerprint density at radius 2 is 2.11 bits per heavy atom. The SMILES string of the molecule is [O]C(=S)OC(F)(F)CF. The topological polar surface area (TPSA) is 29.1 Å². The van der Waals surface area contributed by atoms with E-state index >= 15 is 0 Å². The van der Waals surface area contributed by atoms with Crippen molar-refractivity contribution in [3.05, 3.63) is 0 Å². The lowest BCUT2D eigenvalue weighted by Gasteiger charge is -2.08. The molecule has 53 valence electrons. The molecule has 0 aromatic heterocycles. The van der Waals surface area contributed by atoms with Crippen LogP contribution >= 0.6 is 12.2 Å². The summed E-state index contributed by atoms with van der Waals surface area (Å²) < 4.78 is 37.1. The lowest BCUT2D eigenvalue weighted by atomic mass is 10.7. The van der Waals surface area contributed by atoms with Crippen molar-refractivity contribution in [3.63, 3.8) is 0 Å². The van der Waals surface area contributed by atoms with Gasteiger partial charge in [0.05, 0.1) is 0 Å².